The number of anilines is 2. The van der Waals surface area contributed by atoms with E-state index in [4.69, 9.17) is 4.74 Å². The van der Waals surface area contributed by atoms with Crippen LogP contribution < -0.4 is 15.1 Å². The van der Waals surface area contributed by atoms with Crippen molar-refractivity contribution in [3.8, 4) is 5.75 Å². The average Bonchev–Trinajstić information content (AvgIpc) is 2.79. The third-order valence-electron chi connectivity index (χ3n) is 5.10. The van der Waals surface area contributed by atoms with E-state index in [0.717, 1.165) is 33.8 Å². The number of carbonyl (C=O) groups is 1. The van der Waals surface area contributed by atoms with Gasteiger partial charge in [-0.05, 0) is 54.5 Å². The summed E-state index contributed by atoms with van der Waals surface area (Å²) in [6, 6.07) is 27.1. The van der Waals surface area contributed by atoms with Crippen LogP contribution in [0.4, 0.5) is 11.4 Å². The van der Waals surface area contributed by atoms with Gasteiger partial charge >= 0.3 is 0 Å². The molecule has 5 heteroatoms. The van der Waals surface area contributed by atoms with Crippen LogP contribution in [0.5, 0.6) is 5.75 Å². The SMILES string of the molecule is COc1ccc(N2C(=O)/C(=C(C)/C=N/Nc3ccccc3)C2c2ccccc2)cc1. The fourth-order valence-electron chi connectivity index (χ4n) is 3.56. The first-order chi connectivity index (χ1) is 14.7. The third kappa shape index (κ3) is 3.82. The molecule has 0 bridgehead atoms. The number of ether oxygens (including phenoxy) is 1. The number of hydrogen-bond donors (Lipinski definition) is 1. The van der Waals surface area contributed by atoms with Crippen LogP contribution in [0.2, 0.25) is 0 Å². The Morgan fingerprint density at radius 3 is 2.23 bits per heavy atom. The summed E-state index contributed by atoms with van der Waals surface area (Å²) in [5, 5.41) is 4.31. The summed E-state index contributed by atoms with van der Waals surface area (Å²) in [5.41, 5.74) is 7.38. The molecule has 1 saturated heterocycles. The largest absolute Gasteiger partial charge is 0.497 e. The maximum Gasteiger partial charge on any atom is 0.257 e. The van der Waals surface area contributed by atoms with Crippen LogP contribution >= 0.6 is 0 Å². The zero-order chi connectivity index (χ0) is 20.9. The Bertz CT molecular complexity index is 1070. The lowest BCUT2D eigenvalue weighted by molar-refractivity contribution is -0.119. The van der Waals surface area contributed by atoms with E-state index < -0.39 is 0 Å². The molecule has 1 amide bonds. The number of para-hydroxylation sites is 1. The molecule has 0 saturated carbocycles. The molecule has 3 aromatic rings. The molecule has 0 radical (unpaired) electrons. The summed E-state index contributed by atoms with van der Waals surface area (Å²) in [6.07, 6.45) is 1.71. The fourth-order valence-corrected chi connectivity index (χ4v) is 3.56. The van der Waals surface area contributed by atoms with Gasteiger partial charge in [0.1, 0.15) is 5.75 Å². The molecule has 0 aliphatic carbocycles. The highest BCUT2D eigenvalue weighted by Gasteiger charge is 2.44. The van der Waals surface area contributed by atoms with Crippen molar-refractivity contribution in [3.05, 3.63) is 102 Å². The molecule has 1 atom stereocenters. The zero-order valence-electron chi connectivity index (χ0n) is 16.9. The molecule has 0 spiro atoms. The first-order valence-electron chi connectivity index (χ1n) is 9.76. The molecule has 30 heavy (non-hydrogen) atoms. The minimum atomic E-state index is -0.157. The second-order valence-electron chi connectivity index (χ2n) is 7.02. The smallest absolute Gasteiger partial charge is 0.257 e. The minimum absolute atomic E-state index is 0.0160. The lowest BCUT2D eigenvalue weighted by Crippen LogP contribution is -2.50. The topological polar surface area (TPSA) is 53.9 Å². The van der Waals surface area contributed by atoms with Gasteiger partial charge in [0.2, 0.25) is 0 Å². The molecule has 3 aromatic carbocycles. The van der Waals surface area contributed by atoms with Crippen LogP contribution in [-0.2, 0) is 4.79 Å². The van der Waals surface area contributed by atoms with Gasteiger partial charge in [-0.1, -0.05) is 48.5 Å². The summed E-state index contributed by atoms with van der Waals surface area (Å²) >= 11 is 0. The Morgan fingerprint density at radius 2 is 1.60 bits per heavy atom. The Hall–Kier alpha value is -3.86. The summed E-state index contributed by atoms with van der Waals surface area (Å²) in [4.78, 5) is 14.9. The Balaban J connectivity index is 1.64. The van der Waals surface area contributed by atoms with Gasteiger partial charge in [0.05, 0.1) is 25.1 Å². The van der Waals surface area contributed by atoms with E-state index >= 15 is 0 Å². The molecule has 1 unspecified atom stereocenters. The summed E-state index contributed by atoms with van der Waals surface area (Å²) in [6.45, 7) is 1.92. The molecule has 1 fully saturated rings. The van der Waals surface area contributed by atoms with E-state index in [0.29, 0.717) is 0 Å². The Kier molecular flexibility index (Phi) is 5.61. The number of allylic oxidation sites excluding steroid dienone is 1. The molecule has 1 aliphatic heterocycles. The van der Waals surface area contributed by atoms with Crippen LogP contribution in [-0.4, -0.2) is 19.2 Å². The second kappa shape index (κ2) is 8.66. The number of nitrogens with one attached hydrogen (secondary N) is 1. The van der Waals surface area contributed by atoms with Gasteiger partial charge in [-0.2, -0.15) is 5.10 Å². The van der Waals surface area contributed by atoms with Gasteiger partial charge in [0.25, 0.3) is 5.91 Å². The van der Waals surface area contributed by atoms with Gasteiger partial charge in [-0.3, -0.25) is 15.1 Å². The van der Waals surface area contributed by atoms with Crippen molar-refractivity contribution in [2.45, 2.75) is 13.0 Å². The summed E-state index contributed by atoms with van der Waals surface area (Å²) < 4.78 is 5.24. The van der Waals surface area contributed by atoms with Crippen molar-refractivity contribution in [2.24, 2.45) is 5.10 Å². The van der Waals surface area contributed by atoms with Gasteiger partial charge in [0.15, 0.2) is 0 Å². The summed E-state index contributed by atoms with van der Waals surface area (Å²) in [7, 11) is 1.63. The first-order valence-corrected chi connectivity index (χ1v) is 9.76. The maximum atomic E-state index is 13.1. The van der Waals surface area contributed by atoms with Crippen LogP contribution in [0, 0.1) is 0 Å². The quantitative estimate of drug-likeness (QED) is 0.269. The van der Waals surface area contributed by atoms with Gasteiger partial charge in [-0.25, -0.2) is 0 Å². The standard InChI is InChI=1S/C25H23N3O2/c1-18(17-26-27-20-11-7-4-8-12-20)23-24(19-9-5-3-6-10-19)28(25(23)29)21-13-15-22(30-2)16-14-21/h3-17,24,27H,1-2H3/b23-18+,26-17+. The maximum absolute atomic E-state index is 13.1. The number of hydrazone groups is 1. The van der Waals surface area contributed by atoms with E-state index in [2.05, 4.69) is 10.5 Å². The van der Waals surface area contributed by atoms with Crippen molar-refractivity contribution in [3.63, 3.8) is 0 Å². The fraction of sp³-hybridized carbons (Fsp3) is 0.120. The van der Waals surface area contributed by atoms with E-state index in [-0.39, 0.29) is 11.9 Å². The Morgan fingerprint density at radius 1 is 0.967 bits per heavy atom. The molecule has 1 N–H and O–H groups in total. The zero-order valence-corrected chi connectivity index (χ0v) is 16.9. The van der Waals surface area contributed by atoms with Crippen molar-refractivity contribution in [1.82, 2.24) is 0 Å². The molecule has 150 valence electrons. The van der Waals surface area contributed by atoms with Crippen molar-refractivity contribution >= 4 is 23.5 Å². The molecular formula is C25H23N3O2. The molecular weight excluding hydrogens is 374 g/mol. The third-order valence-corrected chi connectivity index (χ3v) is 5.10. The number of rotatable bonds is 6. The lowest BCUT2D eigenvalue weighted by Gasteiger charge is -2.44. The highest BCUT2D eigenvalue weighted by Crippen LogP contribution is 2.44. The number of methoxy groups -OCH3 is 1. The molecule has 1 heterocycles. The Labute approximate surface area is 176 Å². The number of benzene rings is 3. The van der Waals surface area contributed by atoms with Gasteiger partial charge in [-0.15, -0.1) is 0 Å². The highest BCUT2D eigenvalue weighted by molar-refractivity contribution is 6.18. The van der Waals surface area contributed by atoms with Crippen molar-refractivity contribution < 1.29 is 9.53 Å². The van der Waals surface area contributed by atoms with Crippen LogP contribution in [0.25, 0.3) is 0 Å². The number of nitrogens with zero attached hydrogens (tertiary/aromatic N) is 2. The second-order valence-corrected chi connectivity index (χ2v) is 7.02. The van der Waals surface area contributed by atoms with E-state index in [9.17, 15) is 4.79 Å². The van der Waals surface area contributed by atoms with Crippen LogP contribution in [0.15, 0.2) is 101 Å². The average molecular weight is 397 g/mol. The molecule has 1 aliphatic rings. The number of amides is 1. The predicted octanol–water partition coefficient (Wildman–Crippen LogP) is 5.20. The van der Waals surface area contributed by atoms with Crippen molar-refractivity contribution in [1.29, 1.82) is 0 Å². The monoisotopic (exact) mass is 397 g/mol. The van der Waals surface area contributed by atoms with E-state index in [1.54, 1.807) is 13.3 Å². The molecule has 5 nitrogen and oxygen atoms in total. The van der Waals surface area contributed by atoms with Gasteiger partial charge < -0.3 is 4.74 Å². The predicted molar refractivity (Wildman–Crippen MR) is 121 cm³/mol. The number of carbonyl (C=O) groups excluding carboxylic acids is 1. The minimum Gasteiger partial charge on any atom is -0.497 e. The molecule has 4 rings (SSSR count). The normalized spacial score (nSPS) is 17.6. The van der Waals surface area contributed by atoms with Crippen molar-refractivity contribution in [2.75, 3.05) is 17.4 Å². The highest BCUT2D eigenvalue weighted by atomic mass is 16.5. The number of β-lactam (4-membered cyclic amide) rings is 1. The van der Waals surface area contributed by atoms with E-state index in [1.165, 1.54) is 0 Å². The number of hydrogen-bond acceptors (Lipinski definition) is 4. The molecule has 0 aromatic heterocycles. The van der Waals surface area contributed by atoms with Gasteiger partial charge in [0, 0.05) is 11.3 Å². The van der Waals surface area contributed by atoms with E-state index in [1.807, 2.05) is 96.8 Å². The lowest BCUT2D eigenvalue weighted by atomic mass is 9.84. The summed E-state index contributed by atoms with van der Waals surface area (Å²) in [5.74, 6) is 0.742. The van der Waals surface area contributed by atoms with Crippen LogP contribution in [0.1, 0.15) is 18.5 Å². The van der Waals surface area contributed by atoms with Crippen LogP contribution in [0.3, 0.4) is 0 Å². The first kappa shape index (κ1) is 19.5.